The van der Waals surface area contributed by atoms with Gasteiger partial charge in [-0.1, -0.05) is 6.07 Å². The zero-order chi connectivity index (χ0) is 24.5. The Bertz CT molecular complexity index is 1350. The quantitative estimate of drug-likeness (QED) is 0.410. The summed E-state index contributed by atoms with van der Waals surface area (Å²) >= 11 is 0. The summed E-state index contributed by atoms with van der Waals surface area (Å²) in [5.74, 6) is 1.27. The molecular weight excluding hydrogens is 447 g/mol. The van der Waals surface area contributed by atoms with Crippen molar-refractivity contribution in [1.29, 1.82) is 0 Å². The molecule has 0 radical (unpaired) electrons. The van der Waals surface area contributed by atoms with E-state index in [4.69, 9.17) is 4.74 Å². The molecule has 2 heterocycles. The molecule has 4 aromatic rings. The largest absolute Gasteiger partial charge is 0.439 e. The lowest BCUT2D eigenvalue weighted by Crippen LogP contribution is -2.13. The molecule has 0 spiro atoms. The van der Waals surface area contributed by atoms with E-state index in [0.717, 1.165) is 23.5 Å². The van der Waals surface area contributed by atoms with E-state index in [1.54, 1.807) is 43.6 Å². The van der Waals surface area contributed by atoms with Gasteiger partial charge in [0, 0.05) is 23.0 Å². The number of halogens is 3. The summed E-state index contributed by atoms with van der Waals surface area (Å²) in [5, 5.41) is 2.58. The Labute approximate surface area is 193 Å². The third-order valence-corrected chi connectivity index (χ3v) is 5.09. The van der Waals surface area contributed by atoms with E-state index in [1.165, 1.54) is 12.1 Å². The Morgan fingerprint density at radius 1 is 1.00 bits per heavy atom. The van der Waals surface area contributed by atoms with E-state index in [2.05, 4.69) is 20.3 Å². The van der Waals surface area contributed by atoms with Gasteiger partial charge >= 0.3 is 6.18 Å². The van der Waals surface area contributed by atoms with E-state index in [9.17, 15) is 18.0 Å². The van der Waals surface area contributed by atoms with Crippen LogP contribution >= 0.6 is 0 Å². The van der Waals surface area contributed by atoms with Crippen molar-refractivity contribution >= 4 is 11.6 Å². The van der Waals surface area contributed by atoms with Gasteiger partial charge in [0.05, 0.1) is 11.3 Å². The number of amides is 1. The van der Waals surface area contributed by atoms with Crippen LogP contribution in [0.3, 0.4) is 0 Å². The lowest BCUT2D eigenvalue weighted by molar-refractivity contribution is -0.137. The molecule has 0 atom stereocenters. The molecule has 0 bridgehead atoms. The summed E-state index contributed by atoms with van der Waals surface area (Å²) in [6, 6.07) is 12.3. The predicted octanol–water partition coefficient (Wildman–Crippen LogP) is 5.65. The number of benzene rings is 2. The van der Waals surface area contributed by atoms with Crippen LogP contribution in [0.5, 0.6) is 11.6 Å². The van der Waals surface area contributed by atoms with Gasteiger partial charge in [0.15, 0.2) is 0 Å². The SMILES string of the molecule is Cc1nc(Oc2ccc(NC(=O)c3cccc(C(F)(F)F)c3)cc2)cc(-n2cnc(C)c2C)n1. The summed E-state index contributed by atoms with van der Waals surface area (Å²) in [6.07, 6.45) is -2.85. The summed E-state index contributed by atoms with van der Waals surface area (Å²) in [4.78, 5) is 25.4. The van der Waals surface area contributed by atoms with E-state index in [-0.39, 0.29) is 5.56 Å². The molecule has 1 amide bonds. The van der Waals surface area contributed by atoms with Gasteiger partial charge in [-0.15, -0.1) is 0 Å². The van der Waals surface area contributed by atoms with Crippen LogP contribution in [0.25, 0.3) is 5.82 Å². The van der Waals surface area contributed by atoms with Crippen LogP contribution in [0.1, 0.15) is 33.1 Å². The predicted molar refractivity (Wildman–Crippen MR) is 119 cm³/mol. The van der Waals surface area contributed by atoms with Crippen molar-refractivity contribution in [2.24, 2.45) is 0 Å². The van der Waals surface area contributed by atoms with Gasteiger partial charge in [-0.05, 0) is 63.2 Å². The molecule has 7 nitrogen and oxygen atoms in total. The number of ether oxygens (including phenoxy) is 1. The van der Waals surface area contributed by atoms with Gasteiger partial charge in [-0.2, -0.15) is 18.2 Å². The molecule has 34 heavy (non-hydrogen) atoms. The topological polar surface area (TPSA) is 81.9 Å². The van der Waals surface area contributed by atoms with Crippen LogP contribution in [-0.2, 0) is 6.18 Å². The van der Waals surface area contributed by atoms with Crippen LogP contribution in [0.4, 0.5) is 18.9 Å². The lowest BCUT2D eigenvalue weighted by Gasteiger charge is -2.11. The molecular formula is C24H20F3N5O2. The van der Waals surface area contributed by atoms with Gasteiger partial charge in [0.1, 0.15) is 23.7 Å². The minimum Gasteiger partial charge on any atom is -0.439 e. The van der Waals surface area contributed by atoms with E-state index in [0.29, 0.717) is 29.0 Å². The molecule has 0 unspecified atom stereocenters. The highest BCUT2D eigenvalue weighted by Gasteiger charge is 2.30. The third kappa shape index (κ3) is 5.06. The molecule has 0 aliphatic rings. The van der Waals surface area contributed by atoms with Crippen molar-refractivity contribution in [2.75, 3.05) is 5.32 Å². The minimum absolute atomic E-state index is 0.0934. The first kappa shape index (κ1) is 23.0. The molecule has 2 aromatic carbocycles. The van der Waals surface area contributed by atoms with Crippen molar-refractivity contribution in [3.05, 3.63) is 89.3 Å². The van der Waals surface area contributed by atoms with Crippen LogP contribution in [0.2, 0.25) is 0 Å². The van der Waals surface area contributed by atoms with Crippen LogP contribution < -0.4 is 10.1 Å². The zero-order valence-electron chi connectivity index (χ0n) is 18.5. The number of aryl methyl sites for hydroxylation is 2. The molecule has 0 saturated heterocycles. The molecule has 0 fully saturated rings. The number of carbonyl (C=O) groups is 1. The van der Waals surface area contributed by atoms with Crippen molar-refractivity contribution in [3.63, 3.8) is 0 Å². The van der Waals surface area contributed by atoms with Crippen LogP contribution in [0, 0.1) is 20.8 Å². The van der Waals surface area contributed by atoms with E-state index >= 15 is 0 Å². The number of anilines is 1. The third-order valence-electron chi connectivity index (χ3n) is 5.09. The number of aromatic nitrogens is 4. The number of hydrogen-bond donors (Lipinski definition) is 1. The second-order valence-corrected chi connectivity index (χ2v) is 7.56. The monoisotopic (exact) mass is 467 g/mol. The number of hydrogen-bond acceptors (Lipinski definition) is 5. The van der Waals surface area contributed by atoms with Crippen LogP contribution in [-0.4, -0.2) is 25.4 Å². The maximum Gasteiger partial charge on any atom is 0.416 e. The first-order chi connectivity index (χ1) is 16.1. The Morgan fingerprint density at radius 3 is 2.38 bits per heavy atom. The van der Waals surface area contributed by atoms with Crippen molar-refractivity contribution in [1.82, 2.24) is 19.5 Å². The number of imidazole rings is 1. The highest BCUT2D eigenvalue weighted by molar-refractivity contribution is 6.04. The van der Waals surface area contributed by atoms with Crippen molar-refractivity contribution < 1.29 is 22.7 Å². The average molecular weight is 467 g/mol. The Balaban J connectivity index is 1.48. The maximum atomic E-state index is 12.9. The summed E-state index contributed by atoms with van der Waals surface area (Å²) in [5.41, 5.74) is 1.26. The lowest BCUT2D eigenvalue weighted by atomic mass is 10.1. The molecule has 2 aromatic heterocycles. The van der Waals surface area contributed by atoms with E-state index in [1.807, 2.05) is 18.4 Å². The molecule has 174 valence electrons. The molecule has 10 heteroatoms. The van der Waals surface area contributed by atoms with Crippen molar-refractivity contribution in [2.45, 2.75) is 26.9 Å². The van der Waals surface area contributed by atoms with Gasteiger partial charge in [-0.25, -0.2) is 9.97 Å². The standard InChI is InChI=1S/C24H20F3N5O2/c1-14-15(2)32(13-28-14)21-12-22(30-16(3)29-21)34-20-9-7-19(8-10-20)31-23(33)17-5-4-6-18(11-17)24(25,26)27/h4-13H,1-3H3,(H,31,33). The highest BCUT2D eigenvalue weighted by atomic mass is 19.4. The minimum atomic E-state index is -4.52. The second-order valence-electron chi connectivity index (χ2n) is 7.56. The molecule has 1 N–H and O–H groups in total. The fourth-order valence-corrected chi connectivity index (χ4v) is 3.20. The number of nitrogens with one attached hydrogen (secondary N) is 1. The zero-order valence-corrected chi connectivity index (χ0v) is 18.5. The number of carbonyl (C=O) groups excluding carboxylic acids is 1. The Hall–Kier alpha value is -4.21. The molecule has 0 aliphatic heterocycles. The fourth-order valence-electron chi connectivity index (χ4n) is 3.20. The summed E-state index contributed by atoms with van der Waals surface area (Å²) < 4.78 is 46.3. The average Bonchev–Trinajstić information content (AvgIpc) is 3.12. The first-order valence-electron chi connectivity index (χ1n) is 10.2. The van der Waals surface area contributed by atoms with Gasteiger partial charge in [0.2, 0.25) is 5.88 Å². The maximum absolute atomic E-state index is 12.9. The van der Waals surface area contributed by atoms with Crippen molar-refractivity contribution in [3.8, 4) is 17.4 Å². The van der Waals surface area contributed by atoms with Crippen LogP contribution in [0.15, 0.2) is 60.9 Å². The number of nitrogens with zero attached hydrogens (tertiary/aromatic N) is 4. The van der Waals surface area contributed by atoms with E-state index < -0.39 is 17.6 Å². The molecule has 0 saturated carbocycles. The van der Waals surface area contributed by atoms with Gasteiger partial charge in [-0.3, -0.25) is 9.36 Å². The molecule has 0 aliphatic carbocycles. The van der Waals surface area contributed by atoms with Gasteiger partial charge in [0.25, 0.3) is 5.91 Å². The number of rotatable bonds is 5. The summed E-state index contributed by atoms with van der Waals surface area (Å²) in [7, 11) is 0. The smallest absolute Gasteiger partial charge is 0.416 e. The fraction of sp³-hybridized carbons (Fsp3) is 0.167. The summed E-state index contributed by atoms with van der Waals surface area (Å²) in [6.45, 7) is 5.60. The second kappa shape index (κ2) is 8.97. The first-order valence-corrected chi connectivity index (χ1v) is 10.2. The molecule has 4 rings (SSSR count). The Kier molecular flexibility index (Phi) is 6.06. The number of alkyl halides is 3. The highest BCUT2D eigenvalue weighted by Crippen LogP contribution is 2.30. The Morgan fingerprint density at radius 2 is 1.74 bits per heavy atom. The van der Waals surface area contributed by atoms with Gasteiger partial charge < -0.3 is 10.1 Å². The normalized spacial score (nSPS) is 11.4.